The maximum Gasteiger partial charge on any atom is 0.417 e. The Morgan fingerprint density at radius 1 is 1.35 bits per heavy atom. The molecule has 0 saturated carbocycles. The zero-order chi connectivity index (χ0) is 14.3. The van der Waals surface area contributed by atoms with Crippen LogP contribution in [-0.2, 0) is 6.18 Å². The van der Waals surface area contributed by atoms with Crippen molar-refractivity contribution in [3.8, 4) is 0 Å². The van der Waals surface area contributed by atoms with Gasteiger partial charge in [0.05, 0.1) is 11.3 Å². The Kier molecular flexibility index (Phi) is 3.24. The number of rotatable bonds is 0. The van der Waals surface area contributed by atoms with Crippen LogP contribution in [0.4, 0.5) is 24.7 Å². The average molecular weight is 286 g/mol. The number of pyridine rings is 1. The van der Waals surface area contributed by atoms with E-state index in [2.05, 4.69) is 15.2 Å². The van der Waals surface area contributed by atoms with Gasteiger partial charge in [0.25, 0.3) is 0 Å². The van der Waals surface area contributed by atoms with Gasteiger partial charge in [0.15, 0.2) is 5.82 Å². The second kappa shape index (κ2) is 4.80. The quantitative estimate of drug-likeness (QED) is 0.787. The van der Waals surface area contributed by atoms with E-state index < -0.39 is 11.7 Å². The van der Waals surface area contributed by atoms with E-state index in [1.807, 2.05) is 11.9 Å². The van der Waals surface area contributed by atoms with Crippen molar-refractivity contribution < 1.29 is 13.2 Å². The zero-order valence-corrected chi connectivity index (χ0v) is 11.2. The Bertz CT molecular complexity index is 503. The van der Waals surface area contributed by atoms with Crippen molar-refractivity contribution in [1.82, 2.24) is 10.3 Å². The molecule has 20 heavy (non-hydrogen) atoms. The largest absolute Gasteiger partial charge is 0.417 e. The van der Waals surface area contributed by atoms with Crippen LogP contribution < -0.4 is 15.1 Å². The first kappa shape index (κ1) is 13.5. The number of hydrogen-bond donors (Lipinski definition) is 1. The summed E-state index contributed by atoms with van der Waals surface area (Å²) < 4.78 is 38.5. The van der Waals surface area contributed by atoms with Crippen LogP contribution in [0.15, 0.2) is 12.3 Å². The summed E-state index contributed by atoms with van der Waals surface area (Å²) in [5, 5.41) is 3.33. The van der Waals surface area contributed by atoms with E-state index in [1.165, 1.54) is 6.07 Å². The fraction of sp³-hybridized carbons (Fsp3) is 0.615. The Labute approximate surface area is 115 Å². The van der Waals surface area contributed by atoms with Crippen LogP contribution in [0, 0.1) is 0 Å². The fourth-order valence-electron chi connectivity index (χ4n) is 2.86. The van der Waals surface area contributed by atoms with Crippen LogP contribution in [-0.4, -0.2) is 44.3 Å². The third kappa shape index (κ3) is 2.30. The maximum absolute atomic E-state index is 12.8. The summed E-state index contributed by atoms with van der Waals surface area (Å²) in [7, 11) is 1.83. The normalized spacial score (nSPS) is 23.1. The summed E-state index contributed by atoms with van der Waals surface area (Å²) in [6.07, 6.45) is -2.49. The highest BCUT2D eigenvalue weighted by molar-refractivity contribution is 5.69. The summed E-state index contributed by atoms with van der Waals surface area (Å²) in [6.45, 7) is 3.21. The molecule has 0 aromatic carbocycles. The second-order valence-electron chi connectivity index (χ2n) is 5.33. The highest BCUT2D eigenvalue weighted by Gasteiger charge is 2.35. The van der Waals surface area contributed by atoms with Crippen molar-refractivity contribution in [3.63, 3.8) is 0 Å². The molecule has 110 valence electrons. The lowest BCUT2D eigenvalue weighted by Crippen LogP contribution is -2.51. The maximum atomic E-state index is 12.8. The summed E-state index contributed by atoms with van der Waals surface area (Å²) >= 11 is 0. The number of halogens is 3. The molecule has 0 unspecified atom stereocenters. The zero-order valence-electron chi connectivity index (χ0n) is 11.2. The Balaban J connectivity index is 2.04. The fourth-order valence-corrected chi connectivity index (χ4v) is 2.86. The standard InChI is InChI=1S/C13H17F3N4/c1-19-4-2-10-8-17-3-5-20(10)12-11(19)6-9(7-18-12)13(14,15)16/h6-7,10,17H,2-5,8H2,1H3/t10-/m1/s1. The molecule has 2 aliphatic heterocycles. The van der Waals surface area contributed by atoms with Crippen LogP contribution in [0.3, 0.4) is 0 Å². The Hall–Kier alpha value is -1.50. The monoisotopic (exact) mass is 286 g/mol. The van der Waals surface area contributed by atoms with Gasteiger partial charge in [-0.3, -0.25) is 0 Å². The molecule has 1 fully saturated rings. The molecule has 0 bridgehead atoms. The van der Waals surface area contributed by atoms with Crippen molar-refractivity contribution >= 4 is 11.5 Å². The van der Waals surface area contributed by atoms with E-state index in [4.69, 9.17) is 0 Å². The highest BCUT2D eigenvalue weighted by Crippen LogP contribution is 2.37. The number of alkyl halides is 3. The summed E-state index contributed by atoms with van der Waals surface area (Å²) in [5.41, 5.74) is -0.110. The molecule has 0 spiro atoms. The minimum atomic E-state index is -4.35. The molecule has 4 nitrogen and oxygen atoms in total. The second-order valence-corrected chi connectivity index (χ2v) is 5.33. The van der Waals surface area contributed by atoms with Gasteiger partial charge >= 0.3 is 6.18 Å². The van der Waals surface area contributed by atoms with Crippen LogP contribution in [0.1, 0.15) is 12.0 Å². The lowest BCUT2D eigenvalue weighted by Gasteiger charge is -2.36. The van der Waals surface area contributed by atoms with E-state index in [1.54, 1.807) is 0 Å². The lowest BCUT2D eigenvalue weighted by molar-refractivity contribution is -0.137. The number of nitrogens with zero attached hydrogens (tertiary/aromatic N) is 3. The van der Waals surface area contributed by atoms with E-state index >= 15 is 0 Å². The molecule has 1 aromatic heterocycles. The molecule has 1 aromatic rings. The average Bonchev–Trinajstić information content (AvgIpc) is 2.56. The molecule has 0 radical (unpaired) electrons. The van der Waals surface area contributed by atoms with Crippen LogP contribution in [0.5, 0.6) is 0 Å². The van der Waals surface area contributed by atoms with E-state index in [0.29, 0.717) is 17.5 Å². The number of piperazine rings is 1. The van der Waals surface area contributed by atoms with Crippen molar-refractivity contribution in [3.05, 3.63) is 17.8 Å². The number of hydrogen-bond acceptors (Lipinski definition) is 4. The topological polar surface area (TPSA) is 31.4 Å². The van der Waals surface area contributed by atoms with Crippen molar-refractivity contribution in [2.24, 2.45) is 0 Å². The van der Waals surface area contributed by atoms with Crippen molar-refractivity contribution in [2.45, 2.75) is 18.6 Å². The minimum absolute atomic E-state index is 0.302. The molecule has 1 atom stereocenters. The first-order valence-corrected chi connectivity index (χ1v) is 6.72. The molecule has 7 heteroatoms. The van der Waals surface area contributed by atoms with Gasteiger partial charge in [0.2, 0.25) is 0 Å². The molecule has 0 aliphatic carbocycles. The molecule has 2 aliphatic rings. The summed E-state index contributed by atoms with van der Waals surface area (Å²) in [4.78, 5) is 8.12. The van der Waals surface area contributed by atoms with Crippen LogP contribution in [0.25, 0.3) is 0 Å². The number of anilines is 2. The van der Waals surface area contributed by atoms with Crippen molar-refractivity contribution in [1.29, 1.82) is 0 Å². The highest BCUT2D eigenvalue weighted by atomic mass is 19.4. The van der Waals surface area contributed by atoms with Crippen LogP contribution in [0.2, 0.25) is 0 Å². The number of aromatic nitrogens is 1. The molecule has 1 saturated heterocycles. The molecular weight excluding hydrogens is 269 g/mol. The third-order valence-corrected chi connectivity index (χ3v) is 4.01. The predicted octanol–water partition coefficient (Wildman–Crippen LogP) is 1.72. The Morgan fingerprint density at radius 3 is 2.90 bits per heavy atom. The molecule has 0 amide bonds. The third-order valence-electron chi connectivity index (χ3n) is 4.01. The molecule has 3 rings (SSSR count). The molecular formula is C13H17F3N4. The van der Waals surface area contributed by atoms with Crippen molar-refractivity contribution in [2.75, 3.05) is 43.0 Å². The van der Waals surface area contributed by atoms with Gasteiger partial charge in [0, 0.05) is 45.5 Å². The van der Waals surface area contributed by atoms with Gasteiger partial charge in [-0.25, -0.2) is 4.98 Å². The first-order chi connectivity index (χ1) is 9.47. The van der Waals surface area contributed by atoms with Gasteiger partial charge < -0.3 is 15.1 Å². The molecule has 1 N–H and O–H groups in total. The van der Waals surface area contributed by atoms with Crippen LogP contribution >= 0.6 is 0 Å². The van der Waals surface area contributed by atoms with Gasteiger partial charge in [-0.05, 0) is 12.5 Å². The first-order valence-electron chi connectivity index (χ1n) is 6.72. The Morgan fingerprint density at radius 2 is 2.15 bits per heavy atom. The molecule has 3 heterocycles. The summed E-state index contributed by atoms with van der Waals surface area (Å²) in [6, 6.07) is 1.52. The number of nitrogens with one attached hydrogen (secondary N) is 1. The smallest absolute Gasteiger partial charge is 0.372 e. The lowest BCUT2D eigenvalue weighted by atomic mass is 10.1. The van der Waals surface area contributed by atoms with Gasteiger partial charge in [0.1, 0.15) is 0 Å². The van der Waals surface area contributed by atoms with Gasteiger partial charge in [-0.1, -0.05) is 0 Å². The number of fused-ring (bicyclic) bond motifs is 3. The van der Waals surface area contributed by atoms with E-state index in [9.17, 15) is 13.2 Å². The van der Waals surface area contributed by atoms with E-state index in [-0.39, 0.29) is 0 Å². The minimum Gasteiger partial charge on any atom is -0.372 e. The summed E-state index contributed by atoms with van der Waals surface area (Å²) in [5.74, 6) is 0.671. The van der Waals surface area contributed by atoms with Gasteiger partial charge in [-0.2, -0.15) is 13.2 Å². The van der Waals surface area contributed by atoms with Gasteiger partial charge in [-0.15, -0.1) is 0 Å². The SMILES string of the molecule is CN1CC[C@@H]2CNCCN2c2ncc(C(F)(F)F)cc21. The predicted molar refractivity (Wildman–Crippen MR) is 71.1 cm³/mol. The van der Waals surface area contributed by atoms with E-state index in [0.717, 1.165) is 38.8 Å².